The van der Waals surface area contributed by atoms with Crippen molar-refractivity contribution in [2.75, 3.05) is 11.4 Å². The Kier molecular flexibility index (Phi) is 5.30. The number of carbonyl (C=O) groups excluding carboxylic acids is 2. The van der Waals surface area contributed by atoms with E-state index in [9.17, 15) is 9.59 Å². The van der Waals surface area contributed by atoms with Gasteiger partial charge in [-0.25, -0.2) is 0 Å². The van der Waals surface area contributed by atoms with Crippen molar-refractivity contribution in [2.24, 2.45) is 11.7 Å². The van der Waals surface area contributed by atoms with Gasteiger partial charge in [0.2, 0.25) is 5.88 Å². The second-order valence-electron chi connectivity index (χ2n) is 6.49. The fourth-order valence-corrected chi connectivity index (χ4v) is 2.75. The largest absolute Gasteiger partial charge is 0.365 e. The third-order valence-electron chi connectivity index (χ3n) is 3.91. The van der Waals surface area contributed by atoms with Crippen LogP contribution in [0.25, 0.3) is 11.3 Å². The van der Waals surface area contributed by atoms with Gasteiger partial charge in [0.15, 0.2) is 0 Å². The highest BCUT2D eigenvalue weighted by molar-refractivity contribution is 6.11. The van der Waals surface area contributed by atoms with E-state index in [-0.39, 0.29) is 29.0 Å². The van der Waals surface area contributed by atoms with Gasteiger partial charge < -0.3 is 10.3 Å². The van der Waals surface area contributed by atoms with Gasteiger partial charge in [-0.1, -0.05) is 37.2 Å². The van der Waals surface area contributed by atoms with E-state index in [0.717, 1.165) is 0 Å². The minimum Gasteiger partial charge on any atom is -0.365 e. The van der Waals surface area contributed by atoms with Crippen LogP contribution < -0.4 is 10.6 Å². The van der Waals surface area contributed by atoms with Crippen LogP contribution in [-0.4, -0.2) is 28.5 Å². The van der Waals surface area contributed by atoms with E-state index in [1.165, 1.54) is 4.90 Å². The van der Waals surface area contributed by atoms with Crippen molar-refractivity contribution in [2.45, 2.75) is 13.8 Å². The molecule has 0 fully saturated rings. The van der Waals surface area contributed by atoms with Gasteiger partial charge in [-0.05, 0) is 30.2 Å². The molecule has 138 valence electrons. The first kappa shape index (κ1) is 18.3. The van der Waals surface area contributed by atoms with E-state index in [0.29, 0.717) is 17.7 Å². The number of pyridine rings is 1. The predicted molar refractivity (Wildman–Crippen MR) is 101 cm³/mol. The number of nitrogens with two attached hydrogens (primary N) is 1. The lowest BCUT2D eigenvalue weighted by Gasteiger charge is -2.22. The molecule has 3 rings (SSSR count). The summed E-state index contributed by atoms with van der Waals surface area (Å²) >= 11 is 0. The average molecular weight is 364 g/mol. The van der Waals surface area contributed by atoms with Crippen LogP contribution in [0.4, 0.5) is 5.88 Å². The zero-order valence-electron chi connectivity index (χ0n) is 15.1. The summed E-state index contributed by atoms with van der Waals surface area (Å²) in [5.74, 6) is -0.838. The fourth-order valence-electron chi connectivity index (χ4n) is 2.75. The van der Waals surface area contributed by atoms with Crippen molar-refractivity contribution in [3.05, 3.63) is 66.0 Å². The number of rotatable bonds is 6. The Hall–Kier alpha value is -3.48. The molecule has 1 aromatic carbocycles. The monoisotopic (exact) mass is 364 g/mol. The molecule has 0 atom stereocenters. The summed E-state index contributed by atoms with van der Waals surface area (Å²) in [6, 6.07) is 12.3. The van der Waals surface area contributed by atoms with E-state index >= 15 is 0 Å². The number of hydrogen-bond acceptors (Lipinski definition) is 5. The second kappa shape index (κ2) is 7.82. The maximum absolute atomic E-state index is 13.1. The third kappa shape index (κ3) is 3.87. The molecule has 0 saturated heterocycles. The molecular formula is C20H20N4O3. The van der Waals surface area contributed by atoms with Gasteiger partial charge in [0, 0.05) is 30.1 Å². The molecule has 2 N–H and O–H groups in total. The molecule has 7 nitrogen and oxygen atoms in total. The van der Waals surface area contributed by atoms with Crippen LogP contribution in [0.5, 0.6) is 0 Å². The first-order valence-electron chi connectivity index (χ1n) is 8.55. The van der Waals surface area contributed by atoms with Gasteiger partial charge in [0.1, 0.15) is 11.3 Å². The standard InChI is InChI=1S/C20H20N4O3/c1-13(2)12-24(19(26)14-7-4-3-5-8-14)20-16(18(21)25)17(23-27-20)15-9-6-10-22-11-15/h3-11,13H,12H2,1-2H3,(H2,21,25). The van der Waals surface area contributed by atoms with Gasteiger partial charge >= 0.3 is 0 Å². The van der Waals surface area contributed by atoms with Crippen LogP contribution >= 0.6 is 0 Å². The minimum absolute atomic E-state index is 0.0453. The number of carbonyl (C=O) groups is 2. The van der Waals surface area contributed by atoms with Crippen LogP contribution in [0, 0.1) is 5.92 Å². The normalized spacial score (nSPS) is 10.8. The van der Waals surface area contributed by atoms with E-state index in [2.05, 4.69) is 10.1 Å². The second-order valence-corrected chi connectivity index (χ2v) is 6.49. The number of benzene rings is 1. The van der Waals surface area contributed by atoms with E-state index in [4.69, 9.17) is 10.3 Å². The van der Waals surface area contributed by atoms with Crippen molar-refractivity contribution >= 4 is 17.7 Å². The Morgan fingerprint density at radius 1 is 1.15 bits per heavy atom. The Bertz CT molecular complexity index is 936. The van der Waals surface area contributed by atoms with Crippen molar-refractivity contribution in [3.8, 4) is 11.3 Å². The molecule has 0 radical (unpaired) electrons. The first-order valence-corrected chi connectivity index (χ1v) is 8.55. The quantitative estimate of drug-likeness (QED) is 0.724. The summed E-state index contributed by atoms with van der Waals surface area (Å²) in [6.45, 7) is 4.27. The summed E-state index contributed by atoms with van der Waals surface area (Å²) in [6.07, 6.45) is 3.16. The molecule has 0 spiro atoms. The SMILES string of the molecule is CC(C)CN(C(=O)c1ccccc1)c1onc(-c2cccnc2)c1C(N)=O. The number of aromatic nitrogens is 2. The van der Waals surface area contributed by atoms with Gasteiger partial charge in [0.05, 0.1) is 0 Å². The number of nitrogens with zero attached hydrogens (tertiary/aromatic N) is 3. The van der Waals surface area contributed by atoms with Gasteiger partial charge in [-0.3, -0.25) is 19.5 Å². The molecule has 0 aliphatic rings. The van der Waals surface area contributed by atoms with Crippen molar-refractivity contribution in [1.82, 2.24) is 10.1 Å². The molecule has 2 amide bonds. The molecule has 0 unspecified atom stereocenters. The molecule has 0 aliphatic heterocycles. The summed E-state index contributed by atoms with van der Waals surface area (Å²) in [4.78, 5) is 30.7. The highest BCUT2D eigenvalue weighted by atomic mass is 16.5. The summed E-state index contributed by atoms with van der Waals surface area (Å²) in [7, 11) is 0. The lowest BCUT2D eigenvalue weighted by molar-refractivity contribution is 0.0977. The van der Waals surface area contributed by atoms with Crippen molar-refractivity contribution < 1.29 is 14.1 Å². The lowest BCUT2D eigenvalue weighted by atomic mass is 10.1. The summed E-state index contributed by atoms with van der Waals surface area (Å²) in [5.41, 5.74) is 7.00. The molecular weight excluding hydrogens is 344 g/mol. The Balaban J connectivity index is 2.11. The van der Waals surface area contributed by atoms with Crippen LogP contribution in [0.1, 0.15) is 34.6 Å². The number of hydrogen-bond donors (Lipinski definition) is 1. The maximum atomic E-state index is 13.1. The average Bonchev–Trinajstić information content (AvgIpc) is 3.12. The molecule has 0 saturated carbocycles. The minimum atomic E-state index is -0.722. The molecule has 2 heterocycles. The van der Waals surface area contributed by atoms with E-state index < -0.39 is 5.91 Å². The smallest absolute Gasteiger partial charge is 0.260 e. The molecule has 27 heavy (non-hydrogen) atoms. The molecule has 0 bridgehead atoms. The van der Waals surface area contributed by atoms with Crippen molar-refractivity contribution in [3.63, 3.8) is 0 Å². The number of amides is 2. The number of anilines is 1. The Morgan fingerprint density at radius 2 is 1.89 bits per heavy atom. The number of primary amides is 1. The third-order valence-corrected chi connectivity index (χ3v) is 3.91. The van der Waals surface area contributed by atoms with Crippen LogP contribution in [0.2, 0.25) is 0 Å². The van der Waals surface area contributed by atoms with E-state index in [1.54, 1.807) is 48.8 Å². The highest BCUT2D eigenvalue weighted by Gasteiger charge is 2.30. The van der Waals surface area contributed by atoms with Crippen LogP contribution in [0.15, 0.2) is 59.4 Å². The van der Waals surface area contributed by atoms with Crippen molar-refractivity contribution in [1.29, 1.82) is 0 Å². The topological polar surface area (TPSA) is 102 Å². The predicted octanol–water partition coefficient (Wildman–Crippen LogP) is 3.14. The van der Waals surface area contributed by atoms with Crippen LogP contribution in [0.3, 0.4) is 0 Å². The zero-order chi connectivity index (χ0) is 19.4. The summed E-state index contributed by atoms with van der Waals surface area (Å²) in [5, 5.41) is 4.00. The van der Waals surface area contributed by atoms with Gasteiger partial charge in [-0.15, -0.1) is 0 Å². The zero-order valence-corrected chi connectivity index (χ0v) is 15.1. The molecule has 2 aromatic heterocycles. The Labute approximate surface area is 156 Å². The molecule has 0 aliphatic carbocycles. The van der Waals surface area contributed by atoms with Gasteiger partial charge in [0.25, 0.3) is 11.8 Å². The van der Waals surface area contributed by atoms with Crippen LogP contribution in [-0.2, 0) is 0 Å². The lowest BCUT2D eigenvalue weighted by Crippen LogP contribution is -2.35. The highest BCUT2D eigenvalue weighted by Crippen LogP contribution is 2.32. The maximum Gasteiger partial charge on any atom is 0.260 e. The summed E-state index contributed by atoms with van der Waals surface area (Å²) < 4.78 is 5.44. The first-order chi connectivity index (χ1) is 13.0. The molecule has 3 aromatic rings. The molecule has 7 heteroatoms. The fraction of sp³-hybridized carbons (Fsp3) is 0.200. The van der Waals surface area contributed by atoms with Gasteiger partial charge in [-0.2, -0.15) is 0 Å². The van der Waals surface area contributed by atoms with E-state index in [1.807, 2.05) is 19.9 Å². The Morgan fingerprint density at radius 3 is 2.48 bits per heavy atom.